The smallest absolute Gasteiger partial charge is 0.303 e. The Morgan fingerprint density at radius 1 is 1.14 bits per heavy atom. The molecule has 0 aromatic heterocycles. The molecule has 0 aliphatic carbocycles. The predicted molar refractivity (Wildman–Crippen MR) is 71.8 cm³/mol. The van der Waals surface area contributed by atoms with Crippen LogP contribution in [0, 0.1) is 23.4 Å². The summed E-state index contributed by atoms with van der Waals surface area (Å²) in [6.07, 6.45) is 1.87. The molecule has 1 aromatic carbocycles. The second kappa shape index (κ2) is 6.81. The van der Waals surface area contributed by atoms with Crippen molar-refractivity contribution in [2.24, 2.45) is 5.92 Å². The van der Waals surface area contributed by atoms with Gasteiger partial charge >= 0.3 is 5.97 Å². The third-order valence-electron chi connectivity index (χ3n) is 3.83. The first-order valence-corrected chi connectivity index (χ1v) is 7.04. The Hall–Kier alpha value is -2.05. The van der Waals surface area contributed by atoms with Crippen molar-refractivity contribution in [3.63, 3.8) is 0 Å². The number of carboxylic acids is 1. The van der Waals surface area contributed by atoms with Crippen molar-refractivity contribution in [3.8, 4) is 0 Å². The number of halogens is 3. The summed E-state index contributed by atoms with van der Waals surface area (Å²) >= 11 is 0. The number of amides is 1. The van der Waals surface area contributed by atoms with E-state index in [1.54, 1.807) is 0 Å². The van der Waals surface area contributed by atoms with Gasteiger partial charge in [-0.1, -0.05) is 0 Å². The van der Waals surface area contributed by atoms with Crippen LogP contribution in [0.25, 0.3) is 0 Å². The molecule has 0 spiro atoms. The van der Waals surface area contributed by atoms with Crippen molar-refractivity contribution in [3.05, 3.63) is 35.1 Å². The van der Waals surface area contributed by atoms with E-state index < -0.39 is 29.3 Å². The van der Waals surface area contributed by atoms with E-state index in [2.05, 4.69) is 0 Å². The molecule has 1 fully saturated rings. The zero-order chi connectivity index (χ0) is 16.3. The number of benzene rings is 1. The number of rotatable bonds is 3. The largest absolute Gasteiger partial charge is 0.481 e. The van der Waals surface area contributed by atoms with Gasteiger partial charge < -0.3 is 10.0 Å². The molecular formula is C15H16F3NO3. The maximum Gasteiger partial charge on any atom is 0.303 e. The second-order valence-corrected chi connectivity index (χ2v) is 5.44. The monoisotopic (exact) mass is 315 g/mol. The van der Waals surface area contributed by atoms with Crippen LogP contribution in [0.4, 0.5) is 13.2 Å². The first-order chi connectivity index (χ1) is 10.4. The Labute approximate surface area is 125 Å². The van der Waals surface area contributed by atoms with E-state index >= 15 is 0 Å². The molecule has 0 unspecified atom stereocenters. The summed E-state index contributed by atoms with van der Waals surface area (Å²) in [5.41, 5.74) is -0.243. The Balaban J connectivity index is 2.08. The quantitative estimate of drug-likeness (QED) is 0.873. The topological polar surface area (TPSA) is 57.6 Å². The number of nitrogens with zero attached hydrogens (tertiary/aromatic N) is 1. The van der Waals surface area contributed by atoms with Crippen LogP contribution in [0.15, 0.2) is 12.1 Å². The van der Waals surface area contributed by atoms with Crippen LogP contribution < -0.4 is 0 Å². The molecule has 1 heterocycles. The first-order valence-electron chi connectivity index (χ1n) is 7.04. The molecule has 1 saturated heterocycles. The Morgan fingerprint density at radius 2 is 1.77 bits per heavy atom. The average molecular weight is 315 g/mol. The summed E-state index contributed by atoms with van der Waals surface area (Å²) in [5.74, 6) is -5.88. The lowest BCUT2D eigenvalue weighted by Crippen LogP contribution is -2.32. The van der Waals surface area contributed by atoms with Gasteiger partial charge in [0.2, 0.25) is 0 Å². The highest BCUT2D eigenvalue weighted by Crippen LogP contribution is 2.22. The van der Waals surface area contributed by atoms with E-state index in [1.807, 2.05) is 0 Å². The van der Waals surface area contributed by atoms with Crippen LogP contribution in [0.2, 0.25) is 0 Å². The summed E-state index contributed by atoms with van der Waals surface area (Å²) in [5, 5.41) is 8.80. The highest BCUT2D eigenvalue weighted by Gasteiger charge is 2.24. The number of hydrogen-bond donors (Lipinski definition) is 1. The number of likely N-dealkylation sites (tertiary alicyclic amines) is 1. The fraction of sp³-hybridized carbons (Fsp3) is 0.467. The molecule has 0 saturated carbocycles. The van der Waals surface area contributed by atoms with E-state index in [9.17, 15) is 22.8 Å². The molecule has 0 bridgehead atoms. The van der Waals surface area contributed by atoms with Crippen LogP contribution in [-0.4, -0.2) is 35.0 Å². The van der Waals surface area contributed by atoms with E-state index in [4.69, 9.17) is 5.11 Å². The summed E-state index contributed by atoms with van der Waals surface area (Å²) in [6.45, 7) is 0.701. The van der Waals surface area contributed by atoms with Gasteiger partial charge in [0, 0.05) is 25.1 Å². The normalized spacial score (nSPS) is 18.9. The molecule has 4 nitrogen and oxygen atoms in total. The number of carbonyl (C=O) groups excluding carboxylic acids is 1. The van der Waals surface area contributed by atoms with Gasteiger partial charge in [-0.2, -0.15) is 0 Å². The molecule has 1 N–H and O–H groups in total. The first kappa shape index (κ1) is 16.3. The molecule has 22 heavy (non-hydrogen) atoms. The molecule has 7 heteroatoms. The van der Waals surface area contributed by atoms with Gasteiger partial charge in [-0.25, -0.2) is 13.2 Å². The van der Waals surface area contributed by atoms with Gasteiger partial charge in [-0.15, -0.1) is 0 Å². The highest BCUT2D eigenvalue weighted by atomic mass is 19.2. The van der Waals surface area contributed by atoms with Gasteiger partial charge in [0.25, 0.3) is 5.91 Å². The third-order valence-corrected chi connectivity index (χ3v) is 3.83. The number of carbonyl (C=O) groups is 2. The SMILES string of the molecule is O=C(O)C[C@@H]1CCCN(C(=O)c2cc(F)c(F)c(F)c2)CC1. The summed E-state index contributed by atoms with van der Waals surface area (Å²) in [7, 11) is 0. The Bertz CT molecular complexity index is 568. The zero-order valence-corrected chi connectivity index (χ0v) is 11.8. The molecule has 1 amide bonds. The lowest BCUT2D eigenvalue weighted by molar-refractivity contribution is -0.138. The third kappa shape index (κ3) is 3.78. The van der Waals surface area contributed by atoms with E-state index in [1.165, 1.54) is 4.90 Å². The predicted octanol–water partition coefficient (Wildman–Crippen LogP) is 2.82. The van der Waals surface area contributed by atoms with Crippen molar-refractivity contribution >= 4 is 11.9 Å². The van der Waals surface area contributed by atoms with Crippen LogP contribution in [0.3, 0.4) is 0 Å². The molecule has 2 rings (SSSR count). The summed E-state index contributed by atoms with van der Waals surface area (Å²) in [4.78, 5) is 24.4. The zero-order valence-electron chi connectivity index (χ0n) is 11.8. The minimum Gasteiger partial charge on any atom is -0.481 e. The van der Waals surface area contributed by atoms with Crippen molar-refractivity contribution in [2.45, 2.75) is 25.7 Å². The molecule has 1 aliphatic rings. The molecule has 1 aromatic rings. The minimum atomic E-state index is -1.60. The minimum absolute atomic E-state index is 0.0167. The Morgan fingerprint density at radius 3 is 2.36 bits per heavy atom. The van der Waals surface area contributed by atoms with E-state index in [0.29, 0.717) is 44.5 Å². The fourth-order valence-electron chi connectivity index (χ4n) is 2.68. The van der Waals surface area contributed by atoms with Gasteiger partial charge in [0.05, 0.1) is 0 Å². The van der Waals surface area contributed by atoms with Gasteiger partial charge in [-0.05, 0) is 37.3 Å². The van der Waals surface area contributed by atoms with Crippen molar-refractivity contribution in [1.29, 1.82) is 0 Å². The lowest BCUT2D eigenvalue weighted by atomic mass is 9.97. The van der Waals surface area contributed by atoms with Crippen LogP contribution in [0.5, 0.6) is 0 Å². The van der Waals surface area contributed by atoms with Gasteiger partial charge in [-0.3, -0.25) is 9.59 Å². The lowest BCUT2D eigenvalue weighted by Gasteiger charge is -2.20. The van der Waals surface area contributed by atoms with Crippen molar-refractivity contribution in [2.75, 3.05) is 13.1 Å². The fourth-order valence-corrected chi connectivity index (χ4v) is 2.68. The molecule has 120 valence electrons. The highest BCUT2D eigenvalue weighted by molar-refractivity contribution is 5.94. The molecule has 0 radical (unpaired) electrons. The summed E-state index contributed by atoms with van der Waals surface area (Å²) < 4.78 is 39.3. The van der Waals surface area contributed by atoms with E-state index in [-0.39, 0.29) is 17.9 Å². The number of carboxylic acid groups (broad SMARTS) is 1. The van der Waals surface area contributed by atoms with Crippen LogP contribution in [-0.2, 0) is 4.79 Å². The standard InChI is InChI=1S/C15H16F3NO3/c16-11-7-10(8-12(17)14(11)18)15(22)19-4-1-2-9(3-5-19)6-13(20)21/h7-9H,1-6H2,(H,20,21)/t9-/m1/s1. The number of hydrogen-bond acceptors (Lipinski definition) is 2. The Kier molecular flexibility index (Phi) is 5.05. The molecule has 1 aliphatic heterocycles. The maximum atomic E-state index is 13.2. The number of aliphatic carboxylic acids is 1. The van der Waals surface area contributed by atoms with Crippen molar-refractivity contribution < 1.29 is 27.9 Å². The average Bonchev–Trinajstić information content (AvgIpc) is 2.68. The van der Waals surface area contributed by atoms with E-state index in [0.717, 1.165) is 0 Å². The van der Waals surface area contributed by atoms with Gasteiger partial charge in [0.1, 0.15) is 0 Å². The van der Waals surface area contributed by atoms with Crippen molar-refractivity contribution in [1.82, 2.24) is 4.90 Å². The molecular weight excluding hydrogens is 299 g/mol. The van der Waals surface area contributed by atoms with Gasteiger partial charge in [0.15, 0.2) is 17.5 Å². The summed E-state index contributed by atoms with van der Waals surface area (Å²) in [6, 6.07) is 1.36. The van der Waals surface area contributed by atoms with Crippen LogP contribution in [0.1, 0.15) is 36.0 Å². The second-order valence-electron chi connectivity index (χ2n) is 5.44. The molecule has 1 atom stereocenters. The van der Waals surface area contributed by atoms with Crippen LogP contribution >= 0.6 is 0 Å². The maximum absolute atomic E-state index is 13.2.